The number of rotatable bonds is 16. The summed E-state index contributed by atoms with van der Waals surface area (Å²) < 4.78 is 21.3. The molecule has 8 nitrogen and oxygen atoms in total. The number of aliphatic hydroxyl groups excluding tert-OH is 2. The first-order valence-corrected chi connectivity index (χ1v) is 25.5. The molecular formula is C59H52Br2Cl2O8. The number of methoxy groups -OCH3 is 4. The van der Waals surface area contributed by atoms with Crippen LogP contribution < -0.4 is 18.9 Å². The average molecular weight is 1120 g/mol. The molecule has 0 spiro atoms. The zero-order valence-electron chi connectivity index (χ0n) is 39.6. The standard InChI is InChI=1S/C29H24Br2O3.C29H26O5.CH2Cl2/c2*1-33-27-13-11-23(15-25(27)17-30)19-3-7-21(8-4-19)29(32)22-9-5-20(6-10-22)24-12-14-28(34-2)26(16-24)18-31;2-1-3/h3-16H,17-18H2,1-2H3;3-16,30-31H,17-18H2,1-2H3;1H2. The zero-order valence-corrected chi connectivity index (χ0v) is 44.2. The van der Waals surface area contributed by atoms with E-state index in [9.17, 15) is 19.8 Å². The van der Waals surface area contributed by atoms with Crippen LogP contribution >= 0.6 is 55.1 Å². The number of ether oxygens (including phenoxy) is 4. The number of carbonyl (C=O) groups excluding carboxylic acids is 2. The van der Waals surface area contributed by atoms with Gasteiger partial charge in [0.25, 0.3) is 0 Å². The molecule has 0 fully saturated rings. The minimum Gasteiger partial charge on any atom is -0.496 e. The van der Waals surface area contributed by atoms with Crippen LogP contribution in [0.15, 0.2) is 170 Å². The predicted molar refractivity (Wildman–Crippen MR) is 294 cm³/mol. The van der Waals surface area contributed by atoms with Gasteiger partial charge in [0.05, 0.1) is 47.0 Å². The molecule has 364 valence electrons. The van der Waals surface area contributed by atoms with Crippen molar-refractivity contribution in [1.82, 2.24) is 0 Å². The van der Waals surface area contributed by atoms with Crippen LogP contribution in [-0.4, -0.2) is 55.6 Å². The Morgan fingerprint density at radius 1 is 0.366 bits per heavy atom. The summed E-state index contributed by atoms with van der Waals surface area (Å²) in [4.78, 5) is 26.1. The molecule has 0 aliphatic carbocycles. The number of hydrogen-bond acceptors (Lipinski definition) is 8. The molecule has 0 saturated carbocycles. The van der Waals surface area contributed by atoms with Crippen molar-refractivity contribution < 1.29 is 38.7 Å². The van der Waals surface area contributed by atoms with Gasteiger partial charge in [0, 0.05) is 55.2 Å². The first-order chi connectivity index (χ1) is 34.6. The van der Waals surface area contributed by atoms with Gasteiger partial charge in [-0.2, -0.15) is 0 Å². The Morgan fingerprint density at radius 2 is 0.563 bits per heavy atom. The normalized spacial score (nSPS) is 10.5. The van der Waals surface area contributed by atoms with Crippen LogP contribution in [0.1, 0.15) is 54.1 Å². The van der Waals surface area contributed by atoms with Crippen LogP contribution in [0, 0.1) is 0 Å². The molecule has 0 bridgehead atoms. The molecule has 71 heavy (non-hydrogen) atoms. The van der Waals surface area contributed by atoms with E-state index >= 15 is 0 Å². The molecule has 0 unspecified atom stereocenters. The van der Waals surface area contributed by atoms with Gasteiger partial charge < -0.3 is 29.2 Å². The summed E-state index contributed by atoms with van der Waals surface area (Å²) in [5.41, 5.74) is 14.2. The van der Waals surface area contributed by atoms with Gasteiger partial charge in [0.15, 0.2) is 11.6 Å². The Hall–Kier alpha value is -6.24. The Morgan fingerprint density at radius 3 is 0.761 bits per heavy atom. The maximum atomic E-state index is 13.1. The van der Waals surface area contributed by atoms with Gasteiger partial charge in [-0.15, -0.1) is 23.2 Å². The lowest BCUT2D eigenvalue weighted by atomic mass is 9.96. The molecule has 8 aromatic rings. The van der Waals surface area contributed by atoms with Crippen molar-refractivity contribution in [3.05, 3.63) is 214 Å². The molecule has 8 rings (SSSR count). The van der Waals surface area contributed by atoms with Crippen LogP contribution in [0.25, 0.3) is 44.5 Å². The second kappa shape index (κ2) is 26.8. The predicted octanol–water partition coefficient (Wildman–Crippen LogP) is 14.7. The number of aliphatic hydroxyl groups is 2. The van der Waals surface area contributed by atoms with Gasteiger partial charge >= 0.3 is 0 Å². The number of halogens is 4. The number of alkyl halides is 4. The van der Waals surface area contributed by atoms with E-state index in [4.69, 9.17) is 42.1 Å². The number of ketones is 2. The minimum atomic E-state index is -0.110. The fourth-order valence-corrected chi connectivity index (χ4v) is 8.75. The molecule has 8 aromatic carbocycles. The fourth-order valence-electron chi connectivity index (χ4n) is 7.88. The lowest BCUT2D eigenvalue weighted by Gasteiger charge is -2.10. The highest BCUT2D eigenvalue weighted by molar-refractivity contribution is 9.08. The van der Waals surface area contributed by atoms with Gasteiger partial charge in [-0.1, -0.05) is 153 Å². The third kappa shape index (κ3) is 13.6. The summed E-state index contributed by atoms with van der Waals surface area (Å²) in [7, 11) is 6.49. The number of hydrogen-bond donors (Lipinski definition) is 2. The second-order valence-electron chi connectivity index (χ2n) is 15.8. The van der Waals surface area contributed by atoms with Gasteiger partial charge in [0.1, 0.15) is 23.0 Å². The highest BCUT2D eigenvalue weighted by Crippen LogP contribution is 2.32. The third-order valence-electron chi connectivity index (χ3n) is 11.7. The Labute approximate surface area is 442 Å². The lowest BCUT2D eigenvalue weighted by Crippen LogP contribution is -2.01. The van der Waals surface area contributed by atoms with E-state index in [0.717, 1.165) is 67.1 Å². The van der Waals surface area contributed by atoms with Gasteiger partial charge in [-0.25, -0.2) is 0 Å². The first-order valence-electron chi connectivity index (χ1n) is 22.2. The summed E-state index contributed by atoms with van der Waals surface area (Å²) in [6.07, 6.45) is 0. The highest BCUT2D eigenvalue weighted by Gasteiger charge is 2.14. The fraction of sp³-hybridized carbons (Fsp3) is 0.153. The van der Waals surface area contributed by atoms with Gasteiger partial charge in [-0.3, -0.25) is 9.59 Å². The molecule has 0 amide bonds. The van der Waals surface area contributed by atoms with Crippen molar-refractivity contribution in [1.29, 1.82) is 0 Å². The molecule has 2 N–H and O–H groups in total. The van der Waals surface area contributed by atoms with Gasteiger partial charge in [0.2, 0.25) is 0 Å². The van der Waals surface area contributed by atoms with Crippen LogP contribution in [0.4, 0.5) is 0 Å². The van der Waals surface area contributed by atoms with E-state index in [1.807, 2.05) is 158 Å². The van der Waals surface area contributed by atoms with E-state index in [-0.39, 0.29) is 30.1 Å². The number of carbonyl (C=O) groups is 2. The molecule has 0 saturated heterocycles. The smallest absolute Gasteiger partial charge is 0.193 e. The van der Waals surface area contributed by atoms with Crippen LogP contribution in [0.5, 0.6) is 23.0 Å². The van der Waals surface area contributed by atoms with E-state index in [1.54, 1.807) is 28.4 Å². The molecule has 0 aliphatic rings. The summed E-state index contributed by atoms with van der Waals surface area (Å²) in [6, 6.07) is 53.8. The Kier molecular flexibility index (Phi) is 20.4. The van der Waals surface area contributed by atoms with E-state index in [1.165, 1.54) is 0 Å². The largest absolute Gasteiger partial charge is 0.496 e. The summed E-state index contributed by atoms with van der Waals surface area (Å²) in [5, 5.41) is 20.7. The monoisotopic (exact) mass is 1120 g/mol. The van der Waals surface area contributed by atoms with Crippen molar-refractivity contribution in [2.45, 2.75) is 23.9 Å². The van der Waals surface area contributed by atoms with Crippen molar-refractivity contribution in [2.75, 3.05) is 33.8 Å². The Balaban J connectivity index is 0.000000220. The SMILES string of the molecule is COc1ccc(-c2ccc(C(=O)c3ccc(-c4ccc(OC)c(CBr)c4)cc3)cc2)cc1CBr.COc1ccc(-c2ccc(C(=O)c3ccc(-c4ccc(OC)c(CO)c4)cc3)cc2)cc1CO.ClCCl. The summed E-state index contributed by atoms with van der Waals surface area (Å²) in [5.74, 6) is 2.94. The van der Waals surface area contributed by atoms with Crippen LogP contribution in [0.3, 0.4) is 0 Å². The van der Waals surface area contributed by atoms with Crippen molar-refractivity contribution in [2.24, 2.45) is 0 Å². The average Bonchev–Trinajstić information content (AvgIpc) is 3.44. The minimum absolute atomic E-state index is 0.00450. The quantitative estimate of drug-likeness (QED) is 0.0727. The molecule has 0 atom stereocenters. The molecule has 0 aromatic heterocycles. The lowest BCUT2D eigenvalue weighted by molar-refractivity contribution is 0.103. The van der Waals surface area contributed by atoms with Crippen molar-refractivity contribution in [3.8, 4) is 67.5 Å². The van der Waals surface area contributed by atoms with E-state index < -0.39 is 0 Å². The molecular weight excluding hydrogens is 1070 g/mol. The second-order valence-corrected chi connectivity index (χ2v) is 17.7. The van der Waals surface area contributed by atoms with Crippen LogP contribution in [-0.2, 0) is 23.9 Å². The summed E-state index contributed by atoms with van der Waals surface area (Å²) in [6.45, 7) is -0.219. The van der Waals surface area contributed by atoms with E-state index in [0.29, 0.717) is 55.5 Å². The summed E-state index contributed by atoms with van der Waals surface area (Å²) >= 11 is 16.6. The van der Waals surface area contributed by atoms with Gasteiger partial charge in [-0.05, 0) is 93.0 Å². The van der Waals surface area contributed by atoms with Crippen LogP contribution in [0.2, 0.25) is 0 Å². The van der Waals surface area contributed by atoms with Crippen molar-refractivity contribution >= 4 is 66.6 Å². The molecule has 0 radical (unpaired) electrons. The molecule has 0 heterocycles. The highest BCUT2D eigenvalue weighted by atomic mass is 79.9. The van der Waals surface area contributed by atoms with E-state index in [2.05, 4.69) is 44.0 Å². The topological polar surface area (TPSA) is 112 Å². The third-order valence-corrected chi connectivity index (χ3v) is 12.9. The molecule has 12 heteroatoms. The maximum Gasteiger partial charge on any atom is 0.193 e. The maximum absolute atomic E-state index is 13.1. The zero-order chi connectivity index (χ0) is 50.9. The first kappa shape index (κ1) is 54.1. The number of benzene rings is 8. The Bertz CT molecular complexity index is 2630. The molecule has 0 aliphatic heterocycles. The van der Waals surface area contributed by atoms with Crippen molar-refractivity contribution in [3.63, 3.8) is 0 Å².